The van der Waals surface area contributed by atoms with Crippen molar-refractivity contribution in [1.29, 1.82) is 0 Å². The van der Waals surface area contributed by atoms with Crippen LogP contribution in [0.3, 0.4) is 0 Å². The molecule has 3 rings (SSSR count). The predicted molar refractivity (Wildman–Crippen MR) is 116 cm³/mol. The third-order valence-electron chi connectivity index (χ3n) is 4.18. The van der Waals surface area contributed by atoms with Crippen molar-refractivity contribution in [1.82, 2.24) is 4.98 Å². The first kappa shape index (κ1) is 21.2. The van der Waals surface area contributed by atoms with E-state index in [1.165, 1.54) is 7.11 Å². The van der Waals surface area contributed by atoms with Gasteiger partial charge in [-0.05, 0) is 42.8 Å². The minimum atomic E-state index is -0.582. The lowest BCUT2D eigenvalue weighted by Gasteiger charge is -2.08. The molecule has 1 heterocycles. The molecular formula is C21H16Cl3NO4. The Morgan fingerprint density at radius 2 is 1.76 bits per heavy atom. The average molecular weight is 453 g/mol. The summed E-state index contributed by atoms with van der Waals surface area (Å²) in [4.78, 5) is 28.0. The second-order valence-electron chi connectivity index (χ2n) is 6.00. The Kier molecular flexibility index (Phi) is 6.52. The van der Waals surface area contributed by atoms with E-state index in [0.717, 1.165) is 0 Å². The molecule has 0 radical (unpaired) electrons. The summed E-state index contributed by atoms with van der Waals surface area (Å²) in [5.74, 6) is -1.16. The lowest BCUT2D eigenvalue weighted by molar-refractivity contribution is -0.133. The number of carbonyl (C=O) groups is 2. The van der Waals surface area contributed by atoms with Gasteiger partial charge >= 0.3 is 11.9 Å². The molecule has 0 amide bonds. The fourth-order valence-corrected chi connectivity index (χ4v) is 3.65. The van der Waals surface area contributed by atoms with Gasteiger partial charge in [0.05, 0.1) is 24.3 Å². The zero-order valence-corrected chi connectivity index (χ0v) is 17.8. The molecular weight excluding hydrogens is 437 g/mol. The summed E-state index contributed by atoms with van der Waals surface area (Å²) in [5.41, 5.74) is 1.88. The Hall–Kier alpha value is -2.47. The van der Waals surface area contributed by atoms with E-state index >= 15 is 0 Å². The van der Waals surface area contributed by atoms with Crippen LogP contribution >= 0.6 is 34.8 Å². The first-order valence-electron chi connectivity index (χ1n) is 8.59. The Bertz CT molecular complexity index is 1120. The molecule has 1 aromatic heterocycles. The molecule has 2 aromatic carbocycles. The molecule has 29 heavy (non-hydrogen) atoms. The van der Waals surface area contributed by atoms with Gasteiger partial charge in [-0.15, -0.1) is 0 Å². The lowest BCUT2D eigenvalue weighted by Crippen LogP contribution is -2.08. The number of benzene rings is 2. The summed E-state index contributed by atoms with van der Waals surface area (Å²) < 4.78 is 10.1. The van der Waals surface area contributed by atoms with Crippen LogP contribution in [-0.4, -0.2) is 30.6 Å². The minimum Gasteiger partial charge on any atom is -0.465 e. The molecule has 1 N–H and O–H groups in total. The molecule has 0 aliphatic rings. The van der Waals surface area contributed by atoms with Crippen LogP contribution in [0.1, 0.15) is 28.5 Å². The van der Waals surface area contributed by atoms with Crippen LogP contribution in [0.4, 0.5) is 0 Å². The SMILES string of the molecule is CCOC(=O)c1[nH]c2cc(Cl)cc(Cl)c2c1/C=C(/C(=O)OC)c1ccc(Cl)cc1. The summed E-state index contributed by atoms with van der Waals surface area (Å²) in [6.07, 6.45) is 1.54. The topological polar surface area (TPSA) is 68.4 Å². The number of methoxy groups -OCH3 is 1. The molecule has 150 valence electrons. The fraction of sp³-hybridized carbons (Fsp3) is 0.143. The quantitative estimate of drug-likeness (QED) is 0.380. The number of halogens is 3. The van der Waals surface area contributed by atoms with E-state index in [-0.39, 0.29) is 17.9 Å². The van der Waals surface area contributed by atoms with Gasteiger partial charge < -0.3 is 14.5 Å². The number of ether oxygens (including phenoxy) is 2. The smallest absolute Gasteiger partial charge is 0.355 e. The standard InChI is InChI=1S/C21H16Cl3NO4/c1-3-29-21(27)19-15(18-16(24)8-13(23)9-17(18)25-19)10-14(20(26)28-2)11-4-6-12(22)7-5-11/h4-10,25H,3H2,1-2H3/b14-10+. The first-order chi connectivity index (χ1) is 13.8. The molecule has 0 saturated carbocycles. The number of hydrogen-bond acceptors (Lipinski definition) is 4. The molecule has 0 bridgehead atoms. The highest BCUT2D eigenvalue weighted by Gasteiger charge is 2.22. The van der Waals surface area contributed by atoms with Gasteiger partial charge in [0.15, 0.2) is 0 Å². The summed E-state index contributed by atoms with van der Waals surface area (Å²) >= 11 is 18.5. The van der Waals surface area contributed by atoms with Gasteiger partial charge in [-0.3, -0.25) is 0 Å². The third-order valence-corrected chi connectivity index (χ3v) is 4.95. The highest BCUT2D eigenvalue weighted by molar-refractivity contribution is 6.39. The summed E-state index contributed by atoms with van der Waals surface area (Å²) in [5, 5.41) is 1.79. The van der Waals surface area contributed by atoms with Crippen LogP contribution in [0.5, 0.6) is 0 Å². The normalized spacial score (nSPS) is 11.6. The van der Waals surface area contributed by atoms with Crippen LogP contribution < -0.4 is 0 Å². The Morgan fingerprint density at radius 3 is 2.38 bits per heavy atom. The number of nitrogens with one attached hydrogen (secondary N) is 1. The van der Waals surface area contributed by atoms with Crippen molar-refractivity contribution in [3.05, 3.63) is 68.3 Å². The second-order valence-corrected chi connectivity index (χ2v) is 7.28. The molecule has 0 spiro atoms. The van der Waals surface area contributed by atoms with Gasteiger partial charge in [-0.2, -0.15) is 0 Å². The van der Waals surface area contributed by atoms with E-state index in [1.54, 1.807) is 49.4 Å². The monoisotopic (exact) mass is 451 g/mol. The van der Waals surface area contributed by atoms with Crippen LogP contribution in [0, 0.1) is 0 Å². The molecule has 3 aromatic rings. The molecule has 0 atom stereocenters. The van der Waals surface area contributed by atoms with E-state index in [2.05, 4.69) is 4.98 Å². The number of carbonyl (C=O) groups excluding carboxylic acids is 2. The number of hydrogen-bond donors (Lipinski definition) is 1. The van der Waals surface area contributed by atoms with Crippen LogP contribution in [-0.2, 0) is 14.3 Å². The van der Waals surface area contributed by atoms with Gasteiger partial charge in [0.25, 0.3) is 0 Å². The van der Waals surface area contributed by atoms with E-state index in [1.807, 2.05) is 0 Å². The number of aromatic amines is 1. The molecule has 0 unspecified atom stereocenters. The molecule has 0 fully saturated rings. The highest BCUT2D eigenvalue weighted by atomic mass is 35.5. The van der Waals surface area contributed by atoms with Gasteiger partial charge in [0, 0.05) is 26.5 Å². The summed E-state index contributed by atoms with van der Waals surface area (Å²) in [6.45, 7) is 1.89. The van der Waals surface area contributed by atoms with Crippen molar-refractivity contribution < 1.29 is 19.1 Å². The molecule has 0 aliphatic carbocycles. The maximum atomic E-state index is 12.5. The maximum absolute atomic E-state index is 12.5. The Balaban J connectivity index is 2.32. The number of rotatable bonds is 5. The molecule has 5 nitrogen and oxygen atoms in total. The zero-order valence-electron chi connectivity index (χ0n) is 15.5. The molecule has 0 saturated heterocycles. The second kappa shape index (κ2) is 8.91. The van der Waals surface area contributed by atoms with Gasteiger partial charge in [-0.25, -0.2) is 9.59 Å². The first-order valence-corrected chi connectivity index (χ1v) is 9.72. The van der Waals surface area contributed by atoms with Crippen LogP contribution in [0.15, 0.2) is 36.4 Å². The Morgan fingerprint density at radius 1 is 1.07 bits per heavy atom. The number of H-pyrrole nitrogens is 1. The number of esters is 2. The predicted octanol–water partition coefficient (Wildman–Crippen LogP) is 6.02. The zero-order chi connectivity index (χ0) is 21.1. The fourth-order valence-electron chi connectivity index (χ4n) is 2.93. The van der Waals surface area contributed by atoms with Gasteiger partial charge in [0.2, 0.25) is 0 Å². The summed E-state index contributed by atoms with van der Waals surface area (Å²) in [7, 11) is 1.28. The maximum Gasteiger partial charge on any atom is 0.355 e. The van der Waals surface area contributed by atoms with Crippen LogP contribution in [0.2, 0.25) is 15.1 Å². The van der Waals surface area contributed by atoms with Gasteiger partial charge in [-0.1, -0.05) is 46.9 Å². The van der Waals surface area contributed by atoms with Crippen LogP contribution in [0.25, 0.3) is 22.6 Å². The van der Waals surface area contributed by atoms with Gasteiger partial charge in [0.1, 0.15) is 5.69 Å². The van der Waals surface area contributed by atoms with Crippen molar-refractivity contribution in [2.45, 2.75) is 6.92 Å². The van der Waals surface area contributed by atoms with E-state index in [0.29, 0.717) is 37.1 Å². The Labute approximate surface area is 182 Å². The van der Waals surface area contributed by atoms with E-state index < -0.39 is 11.9 Å². The van der Waals surface area contributed by atoms with Crippen molar-refractivity contribution >= 4 is 69.3 Å². The van der Waals surface area contributed by atoms with E-state index in [4.69, 9.17) is 44.3 Å². The molecule has 0 aliphatic heterocycles. The lowest BCUT2D eigenvalue weighted by atomic mass is 10.0. The van der Waals surface area contributed by atoms with Crippen molar-refractivity contribution in [2.75, 3.05) is 13.7 Å². The number of aromatic nitrogens is 1. The largest absolute Gasteiger partial charge is 0.465 e. The third kappa shape index (κ3) is 4.42. The van der Waals surface area contributed by atoms with Crippen molar-refractivity contribution in [3.8, 4) is 0 Å². The summed E-state index contributed by atoms with van der Waals surface area (Å²) in [6, 6.07) is 9.88. The number of fused-ring (bicyclic) bond motifs is 1. The average Bonchev–Trinajstić information content (AvgIpc) is 3.05. The van der Waals surface area contributed by atoms with Crippen molar-refractivity contribution in [3.63, 3.8) is 0 Å². The van der Waals surface area contributed by atoms with Crippen molar-refractivity contribution in [2.24, 2.45) is 0 Å². The molecule has 8 heteroatoms. The highest BCUT2D eigenvalue weighted by Crippen LogP contribution is 2.35. The van der Waals surface area contributed by atoms with E-state index in [9.17, 15) is 9.59 Å². The minimum absolute atomic E-state index is 0.154.